The zero-order valence-corrected chi connectivity index (χ0v) is 26.8. The van der Waals surface area contributed by atoms with Crippen LogP contribution in [0.4, 0.5) is 4.39 Å². The summed E-state index contributed by atoms with van der Waals surface area (Å²) in [6.07, 6.45) is 1.75. The molecule has 0 saturated heterocycles. The minimum atomic E-state index is -0.786. The molecule has 1 aliphatic heterocycles. The summed E-state index contributed by atoms with van der Waals surface area (Å²) in [6.45, 7) is 3.70. The molecule has 2 heterocycles. The predicted molar refractivity (Wildman–Crippen MR) is 166 cm³/mol. The average Bonchev–Trinajstić information content (AvgIpc) is 3.26. The van der Waals surface area contributed by atoms with Gasteiger partial charge in [-0.25, -0.2) is 14.2 Å². The summed E-state index contributed by atoms with van der Waals surface area (Å²) in [6, 6.07) is 16.5. The Morgan fingerprint density at radius 3 is 2.50 bits per heavy atom. The van der Waals surface area contributed by atoms with Crippen molar-refractivity contribution in [2.45, 2.75) is 26.5 Å². The number of carbonyl (C=O) groups is 1. The van der Waals surface area contributed by atoms with E-state index < -0.39 is 12.0 Å². The highest BCUT2D eigenvalue weighted by molar-refractivity contribution is 9.11. The Morgan fingerprint density at radius 2 is 1.81 bits per heavy atom. The van der Waals surface area contributed by atoms with Crippen molar-refractivity contribution in [2.24, 2.45) is 4.99 Å². The highest BCUT2D eigenvalue weighted by Crippen LogP contribution is 2.37. The molecule has 0 amide bonds. The molecule has 1 aliphatic rings. The Balaban J connectivity index is 1.58. The fourth-order valence-electron chi connectivity index (χ4n) is 4.70. The number of rotatable bonds is 8. The summed E-state index contributed by atoms with van der Waals surface area (Å²) in [5.41, 5.74) is 2.24. The molecule has 0 fully saturated rings. The topological polar surface area (TPSA) is 79.1 Å². The molecule has 0 radical (unpaired) electrons. The van der Waals surface area contributed by atoms with Crippen LogP contribution in [0.5, 0.6) is 11.5 Å². The smallest absolute Gasteiger partial charge is 0.338 e. The van der Waals surface area contributed by atoms with Gasteiger partial charge in [-0.1, -0.05) is 47.7 Å². The third-order valence-electron chi connectivity index (χ3n) is 6.60. The Morgan fingerprint density at radius 1 is 1.12 bits per heavy atom. The van der Waals surface area contributed by atoms with Gasteiger partial charge in [0.1, 0.15) is 30.0 Å². The van der Waals surface area contributed by atoms with Gasteiger partial charge >= 0.3 is 5.97 Å². The third-order valence-corrected chi connectivity index (χ3v) is 8.76. The standard InChI is InChI=1S/C31H25Br2FN2O5S/c1-4-40-30(38)26-17(2)35-31-36(27(26)20-10-6-8-12-24(20)39-3)29(37)25(42-31)15-18-13-21(32)28(22(33)14-18)41-16-19-9-5-7-11-23(19)34/h5-15,27H,4,16H2,1-3H3/b25-15-. The van der Waals surface area contributed by atoms with Crippen LogP contribution in [0.2, 0.25) is 0 Å². The molecule has 11 heteroatoms. The van der Waals surface area contributed by atoms with Gasteiger partial charge in [0.05, 0.1) is 38.5 Å². The van der Waals surface area contributed by atoms with E-state index in [1.165, 1.54) is 22.0 Å². The van der Waals surface area contributed by atoms with Crippen LogP contribution in [0.15, 0.2) is 90.7 Å². The largest absolute Gasteiger partial charge is 0.496 e. The normalized spacial score (nSPS) is 14.8. The number of esters is 1. The molecule has 4 aromatic rings. The maximum absolute atomic E-state index is 14.1. The van der Waals surface area contributed by atoms with E-state index in [0.717, 1.165) is 0 Å². The second-order valence-corrected chi connectivity index (χ2v) is 12.0. The Labute approximate surface area is 261 Å². The number of nitrogens with zero attached hydrogens (tertiary/aromatic N) is 2. The van der Waals surface area contributed by atoms with E-state index >= 15 is 0 Å². The number of thiazole rings is 1. The van der Waals surface area contributed by atoms with Gasteiger partial charge in [-0.2, -0.15) is 0 Å². The number of methoxy groups -OCH3 is 1. The first kappa shape index (κ1) is 29.9. The minimum absolute atomic E-state index is 0.0485. The van der Waals surface area contributed by atoms with Crippen molar-refractivity contribution in [3.05, 3.63) is 123 Å². The van der Waals surface area contributed by atoms with Crippen LogP contribution >= 0.6 is 43.2 Å². The van der Waals surface area contributed by atoms with Gasteiger partial charge in [-0.3, -0.25) is 9.36 Å². The number of hydrogen-bond acceptors (Lipinski definition) is 7. The molecule has 216 valence electrons. The number of hydrogen-bond donors (Lipinski definition) is 0. The van der Waals surface area contributed by atoms with E-state index in [1.807, 2.05) is 30.3 Å². The lowest BCUT2D eigenvalue weighted by Crippen LogP contribution is -2.40. The van der Waals surface area contributed by atoms with E-state index in [2.05, 4.69) is 36.9 Å². The lowest BCUT2D eigenvalue weighted by Gasteiger charge is -2.25. The molecular formula is C31H25Br2FN2O5S. The highest BCUT2D eigenvalue weighted by Gasteiger charge is 2.35. The summed E-state index contributed by atoms with van der Waals surface area (Å²) in [5, 5.41) is 0. The molecule has 1 atom stereocenters. The van der Waals surface area contributed by atoms with Gasteiger partial charge in [0.25, 0.3) is 5.56 Å². The van der Waals surface area contributed by atoms with Crippen LogP contribution in [-0.2, 0) is 16.1 Å². The summed E-state index contributed by atoms with van der Waals surface area (Å²) >= 11 is 8.31. The molecule has 0 saturated carbocycles. The Hall–Kier alpha value is -3.54. The zero-order chi connectivity index (χ0) is 30.0. The van der Waals surface area contributed by atoms with Gasteiger partial charge in [0.15, 0.2) is 4.80 Å². The zero-order valence-electron chi connectivity index (χ0n) is 22.8. The van der Waals surface area contributed by atoms with Crippen LogP contribution in [0.1, 0.15) is 36.6 Å². The molecular weight excluding hydrogens is 691 g/mol. The number of fused-ring (bicyclic) bond motifs is 1. The highest BCUT2D eigenvalue weighted by atomic mass is 79.9. The number of ether oxygens (including phenoxy) is 3. The number of para-hydroxylation sites is 1. The third kappa shape index (κ3) is 5.86. The molecule has 5 rings (SSSR count). The summed E-state index contributed by atoms with van der Waals surface area (Å²) in [4.78, 5) is 32.2. The molecule has 1 aromatic heterocycles. The summed E-state index contributed by atoms with van der Waals surface area (Å²) in [5.74, 6) is 0.155. The number of benzene rings is 3. The SMILES string of the molecule is CCOC(=O)C1=C(C)N=c2s/c(=C\c3cc(Br)c(OCc4ccccc4F)c(Br)c3)c(=O)n2C1c1ccccc1OC. The first-order valence-corrected chi connectivity index (χ1v) is 15.3. The molecule has 42 heavy (non-hydrogen) atoms. The fraction of sp³-hybridized carbons (Fsp3) is 0.194. The molecule has 0 bridgehead atoms. The average molecular weight is 716 g/mol. The maximum atomic E-state index is 14.1. The van der Waals surface area contributed by atoms with Gasteiger partial charge in [0, 0.05) is 11.1 Å². The number of allylic oxidation sites excluding steroid dienone is 1. The lowest BCUT2D eigenvalue weighted by molar-refractivity contribution is -0.139. The second kappa shape index (κ2) is 12.8. The van der Waals surface area contributed by atoms with Crippen LogP contribution in [0.25, 0.3) is 6.08 Å². The van der Waals surface area contributed by atoms with Gasteiger partial charge in [0.2, 0.25) is 0 Å². The Kier molecular flexibility index (Phi) is 9.10. The van der Waals surface area contributed by atoms with Crippen molar-refractivity contribution >= 4 is 55.2 Å². The van der Waals surface area contributed by atoms with E-state index in [-0.39, 0.29) is 30.2 Å². The summed E-state index contributed by atoms with van der Waals surface area (Å²) < 4.78 is 34.1. The first-order chi connectivity index (χ1) is 20.2. The molecule has 0 aliphatic carbocycles. The molecule has 3 aromatic carbocycles. The van der Waals surface area contributed by atoms with Gasteiger partial charge in [-0.05, 0) is 81.6 Å². The van der Waals surface area contributed by atoms with Crippen LogP contribution in [0.3, 0.4) is 0 Å². The fourth-order valence-corrected chi connectivity index (χ4v) is 7.19. The van der Waals surface area contributed by atoms with Crippen LogP contribution in [0, 0.1) is 5.82 Å². The molecule has 1 unspecified atom stereocenters. The minimum Gasteiger partial charge on any atom is -0.496 e. The monoisotopic (exact) mass is 714 g/mol. The van der Waals surface area contributed by atoms with Crippen LogP contribution < -0.4 is 24.4 Å². The van der Waals surface area contributed by atoms with Crippen molar-refractivity contribution in [3.8, 4) is 11.5 Å². The van der Waals surface area contributed by atoms with E-state index in [9.17, 15) is 14.0 Å². The van der Waals surface area contributed by atoms with Gasteiger partial charge in [-0.15, -0.1) is 0 Å². The van der Waals surface area contributed by atoms with Crippen LogP contribution in [-0.4, -0.2) is 24.3 Å². The molecule has 0 spiro atoms. The molecule has 7 nitrogen and oxygen atoms in total. The van der Waals surface area contributed by atoms with Crippen molar-refractivity contribution < 1.29 is 23.4 Å². The van der Waals surface area contributed by atoms with E-state index in [4.69, 9.17) is 14.2 Å². The number of aromatic nitrogens is 1. The number of halogens is 3. The number of carbonyl (C=O) groups excluding carboxylic acids is 1. The first-order valence-electron chi connectivity index (χ1n) is 12.9. The van der Waals surface area contributed by atoms with Gasteiger partial charge < -0.3 is 14.2 Å². The van der Waals surface area contributed by atoms with Crippen molar-refractivity contribution in [1.29, 1.82) is 0 Å². The lowest BCUT2D eigenvalue weighted by atomic mass is 9.95. The summed E-state index contributed by atoms with van der Waals surface area (Å²) in [7, 11) is 1.54. The van der Waals surface area contributed by atoms with Crippen molar-refractivity contribution in [1.82, 2.24) is 4.57 Å². The molecule has 0 N–H and O–H groups in total. The van der Waals surface area contributed by atoms with Crippen molar-refractivity contribution in [2.75, 3.05) is 13.7 Å². The Bertz CT molecular complexity index is 1880. The predicted octanol–water partition coefficient (Wildman–Crippen LogP) is 6.05. The van der Waals surface area contributed by atoms with Crippen molar-refractivity contribution in [3.63, 3.8) is 0 Å². The quantitative estimate of drug-likeness (QED) is 0.208. The second-order valence-electron chi connectivity index (χ2n) is 9.24. The van der Waals surface area contributed by atoms with E-state index in [1.54, 1.807) is 51.3 Å². The van der Waals surface area contributed by atoms with E-state index in [0.29, 0.717) is 52.2 Å². The maximum Gasteiger partial charge on any atom is 0.338 e.